The molecule has 1 rings (SSSR count). The summed E-state index contributed by atoms with van der Waals surface area (Å²) in [6.07, 6.45) is 12.0. The number of aliphatic carboxylic acids is 1. The number of unbranched alkanes of at least 4 members (excludes halogenated alkanes) is 9. The van der Waals surface area contributed by atoms with E-state index in [0.29, 0.717) is 0 Å². The van der Waals surface area contributed by atoms with Gasteiger partial charge >= 0.3 is 12.1 Å². The second-order valence-corrected chi connectivity index (χ2v) is 6.28. The van der Waals surface area contributed by atoms with Crippen molar-refractivity contribution in [2.75, 3.05) is 6.54 Å². The van der Waals surface area contributed by atoms with Crippen LogP contribution >= 0.6 is 0 Å². The summed E-state index contributed by atoms with van der Waals surface area (Å²) in [5, 5.41) is 17.9. The standard InChI is InChI=1S/C17H30N2O4/c1-2-3-4-5-6-7-8-9-10-11-12-14-13-19(17(22)23)15(18-14)16(20)21/h14H,2-13H2,1H3,(H,20,21)(H,22,23). The minimum absolute atomic E-state index is 0.175. The summed E-state index contributed by atoms with van der Waals surface area (Å²) in [6, 6.07) is -0.203. The van der Waals surface area contributed by atoms with Crippen molar-refractivity contribution in [2.24, 2.45) is 4.99 Å². The van der Waals surface area contributed by atoms with Gasteiger partial charge in [0.2, 0.25) is 5.84 Å². The van der Waals surface area contributed by atoms with Gasteiger partial charge in [-0.15, -0.1) is 0 Å². The van der Waals surface area contributed by atoms with Gasteiger partial charge in [0.05, 0.1) is 12.6 Å². The van der Waals surface area contributed by atoms with E-state index in [1.807, 2.05) is 0 Å². The van der Waals surface area contributed by atoms with Crippen LogP contribution in [0.15, 0.2) is 4.99 Å². The molecule has 0 aromatic heterocycles. The van der Waals surface area contributed by atoms with E-state index in [-0.39, 0.29) is 18.4 Å². The summed E-state index contributed by atoms with van der Waals surface area (Å²) in [7, 11) is 0. The Hall–Kier alpha value is -1.59. The minimum atomic E-state index is -1.27. The topological polar surface area (TPSA) is 90.2 Å². The monoisotopic (exact) mass is 326 g/mol. The van der Waals surface area contributed by atoms with Gasteiger partial charge in [-0.3, -0.25) is 9.89 Å². The lowest BCUT2D eigenvalue weighted by molar-refractivity contribution is -0.130. The highest BCUT2D eigenvalue weighted by Crippen LogP contribution is 2.17. The van der Waals surface area contributed by atoms with E-state index in [4.69, 9.17) is 10.2 Å². The number of carboxylic acid groups (broad SMARTS) is 2. The van der Waals surface area contributed by atoms with Crippen molar-refractivity contribution in [2.45, 2.75) is 83.6 Å². The van der Waals surface area contributed by atoms with Crippen molar-refractivity contribution in [1.82, 2.24) is 4.90 Å². The average Bonchev–Trinajstić information content (AvgIpc) is 2.94. The van der Waals surface area contributed by atoms with Gasteiger partial charge in [-0.25, -0.2) is 9.59 Å². The molecule has 1 atom stereocenters. The molecule has 1 heterocycles. The normalized spacial score (nSPS) is 17.3. The summed E-state index contributed by atoms with van der Waals surface area (Å²) < 4.78 is 0. The second-order valence-electron chi connectivity index (χ2n) is 6.28. The molecule has 2 N–H and O–H groups in total. The fourth-order valence-corrected chi connectivity index (χ4v) is 2.94. The van der Waals surface area contributed by atoms with Crippen molar-refractivity contribution in [3.63, 3.8) is 0 Å². The van der Waals surface area contributed by atoms with Crippen LogP contribution in [0.25, 0.3) is 0 Å². The number of amides is 1. The van der Waals surface area contributed by atoms with Gasteiger partial charge in [0.25, 0.3) is 0 Å². The molecule has 0 saturated heterocycles. The molecule has 132 valence electrons. The third kappa shape index (κ3) is 7.48. The van der Waals surface area contributed by atoms with Gasteiger partial charge in [-0.2, -0.15) is 0 Å². The number of rotatable bonds is 12. The summed E-state index contributed by atoms with van der Waals surface area (Å²) in [5.74, 6) is -1.60. The minimum Gasteiger partial charge on any atom is -0.475 e. The van der Waals surface area contributed by atoms with E-state index in [2.05, 4.69) is 11.9 Å². The summed E-state index contributed by atoms with van der Waals surface area (Å²) in [4.78, 5) is 26.8. The van der Waals surface area contributed by atoms with E-state index in [1.165, 1.54) is 51.4 Å². The lowest BCUT2D eigenvalue weighted by Gasteiger charge is -2.12. The molecule has 1 unspecified atom stereocenters. The molecule has 23 heavy (non-hydrogen) atoms. The predicted octanol–water partition coefficient (Wildman–Crippen LogP) is 4.14. The number of hydrogen-bond donors (Lipinski definition) is 2. The Bertz CT molecular complexity index is 409. The molecule has 6 heteroatoms. The fraction of sp³-hybridized carbons (Fsp3) is 0.824. The highest BCUT2D eigenvalue weighted by atomic mass is 16.4. The maximum atomic E-state index is 11.0. The van der Waals surface area contributed by atoms with Crippen LogP contribution in [0.5, 0.6) is 0 Å². The van der Waals surface area contributed by atoms with Crippen LogP contribution in [0.4, 0.5) is 4.79 Å². The molecule has 0 aromatic rings. The van der Waals surface area contributed by atoms with Crippen LogP contribution in [0.3, 0.4) is 0 Å². The Morgan fingerprint density at radius 2 is 1.52 bits per heavy atom. The molecule has 6 nitrogen and oxygen atoms in total. The lowest BCUT2D eigenvalue weighted by Crippen LogP contribution is -2.38. The van der Waals surface area contributed by atoms with Crippen LogP contribution in [0.2, 0.25) is 0 Å². The average molecular weight is 326 g/mol. The Labute approximate surface area is 138 Å². The number of aliphatic imine (C=N–C) groups is 1. The first-order chi connectivity index (χ1) is 11.1. The number of carboxylic acids is 1. The second kappa shape index (κ2) is 11.0. The molecule has 1 aliphatic heterocycles. The van der Waals surface area contributed by atoms with Crippen molar-refractivity contribution in [3.05, 3.63) is 0 Å². The zero-order valence-electron chi connectivity index (χ0n) is 14.2. The number of carbonyl (C=O) groups is 2. The molecule has 1 amide bonds. The quantitative estimate of drug-likeness (QED) is 0.527. The maximum Gasteiger partial charge on any atom is 0.413 e. The summed E-state index contributed by atoms with van der Waals surface area (Å²) in [6.45, 7) is 2.40. The first-order valence-corrected chi connectivity index (χ1v) is 8.87. The van der Waals surface area contributed by atoms with Gasteiger partial charge in [0.15, 0.2) is 0 Å². The third-order valence-electron chi connectivity index (χ3n) is 4.27. The van der Waals surface area contributed by atoms with Gasteiger partial charge in [0.1, 0.15) is 0 Å². The smallest absolute Gasteiger partial charge is 0.413 e. The van der Waals surface area contributed by atoms with Gasteiger partial charge in [-0.1, -0.05) is 71.1 Å². The van der Waals surface area contributed by atoms with Crippen molar-refractivity contribution < 1.29 is 19.8 Å². The lowest BCUT2D eigenvalue weighted by atomic mass is 10.0. The zero-order chi connectivity index (χ0) is 17.1. The Balaban J connectivity index is 2.08. The van der Waals surface area contributed by atoms with Crippen molar-refractivity contribution >= 4 is 17.9 Å². The van der Waals surface area contributed by atoms with Crippen molar-refractivity contribution in [1.29, 1.82) is 0 Å². The van der Waals surface area contributed by atoms with E-state index in [1.54, 1.807) is 0 Å². The SMILES string of the molecule is CCCCCCCCCCCCC1CN(C(=O)O)C(C(=O)O)=N1. The summed E-state index contributed by atoms with van der Waals surface area (Å²) >= 11 is 0. The molecule has 0 aromatic carbocycles. The molecular weight excluding hydrogens is 296 g/mol. The first-order valence-electron chi connectivity index (χ1n) is 8.87. The Morgan fingerprint density at radius 1 is 1.00 bits per heavy atom. The van der Waals surface area contributed by atoms with E-state index in [9.17, 15) is 9.59 Å². The third-order valence-corrected chi connectivity index (χ3v) is 4.27. The molecule has 0 saturated carbocycles. The summed E-state index contributed by atoms with van der Waals surface area (Å²) in [5.41, 5.74) is 0. The Morgan fingerprint density at radius 3 is 1.96 bits per heavy atom. The van der Waals surface area contributed by atoms with Crippen LogP contribution in [0, 0.1) is 0 Å². The largest absolute Gasteiger partial charge is 0.475 e. The number of nitrogens with zero attached hydrogens (tertiary/aromatic N) is 2. The first kappa shape index (κ1) is 19.5. The molecule has 0 spiro atoms. The maximum absolute atomic E-state index is 11.0. The van der Waals surface area contributed by atoms with Crippen LogP contribution in [0.1, 0.15) is 77.6 Å². The molecular formula is C17H30N2O4. The van der Waals surface area contributed by atoms with E-state index < -0.39 is 12.1 Å². The number of hydrogen-bond acceptors (Lipinski definition) is 3. The van der Waals surface area contributed by atoms with E-state index in [0.717, 1.165) is 24.2 Å². The molecule has 1 aliphatic rings. The Kier molecular flexibility index (Phi) is 9.33. The van der Waals surface area contributed by atoms with E-state index >= 15 is 0 Å². The number of amidine groups is 1. The molecule has 0 radical (unpaired) electrons. The molecule has 0 bridgehead atoms. The zero-order valence-corrected chi connectivity index (χ0v) is 14.2. The van der Waals surface area contributed by atoms with Crippen LogP contribution < -0.4 is 0 Å². The highest BCUT2D eigenvalue weighted by molar-refractivity contribution is 6.37. The van der Waals surface area contributed by atoms with Gasteiger partial charge in [0, 0.05) is 0 Å². The highest BCUT2D eigenvalue weighted by Gasteiger charge is 2.33. The van der Waals surface area contributed by atoms with Crippen LogP contribution in [-0.2, 0) is 4.79 Å². The predicted molar refractivity (Wildman–Crippen MR) is 90.1 cm³/mol. The van der Waals surface area contributed by atoms with Crippen LogP contribution in [-0.4, -0.2) is 45.6 Å². The van der Waals surface area contributed by atoms with Crippen molar-refractivity contribution in [3.8, 4) is 0 Å². The molecule has 0 fully saturated rings. The fourth-order valence-electron chi connectivity index (χ4n) is 2.94. The van der Waals surface area contributed by atoms with Gasteiger partial charge < -0.3 is 10.2 Å². The van der Waals surface area contributed by atoms with Gasteiger partial charge in [-0.05, 0) is 6.42 Å². The molecule has 0 aliphatic carbocycles.